The zero-order valence-electron chi connectivity index (χ0n) is 9.71. The normalized spacial score (nSPS) is 20.2. The lowest BCUT2D eigenvalue weighted by Gasteiger charge is -2.23. The van der Waals surface area contributed by atoms with Crippen LogP contribution in [0.15, 0.2) is 29.4 Å². The second-order valence-electron chi connectivity index (χ2n) is 4.16. The summed E-state index contributed by atoms with van der Waals surface area (Å²) in [5.74, 6) is -0.123. The van der Waals surface area contributed by atoms with Gasteiger partial charge in [-0.2, -0.15) is 0 Å². The molecule has 1 atom stereocenters. The number of benzene rings is 1. The van der Waals surface area contributed by atoms with Gasteiger partial charge >= 0.3 is 0 Å². The first kappa shape index (κ1) is 12.7. The highest BCUT2D eigenvalue weighted by Gasteiger charge is 2.32. The van der Waals surface area contributed by atoms with Gasteiger partial charge in [0.05, 0.1) is 16.6 Å². The van der Waals surface area contributed by atoms with Gasteiger partial charge in [-0.3, -0.25) is 4.79 Å². The van der Waals surface area contributed by atoms with Crippen LogP contribution in [0, 0.1) is 0 Å². The molecular weight excluding hydrogens is 254 g/mol. The molecular formula is C12H14ClN3O2. The first-order valence-corrected chi connectivity index (χ1v) is 6.06. The van der Waals surface area contributed by atoms with E-state index in [1.165, 1.54) is 0 Å². The maximum Gasteiger partial charge on any atom is 0.255 e. The average molecular weight is 268 g/mol. The molecule has 3 N–H and O–H groups in total. The summed E-state index contributed by atoms with van der Waals surface area (Å²) in [7, 11) is 0. The van der Waals surface area contributed by atoms with E-state index >= 15 is 0 Å². The fourth-order valence-electron chi connectivity index (χ4n) is 2.17. The summed E-state index contributed by atoms with van der Waals surface area (Å²) in [6, 6.07) is 6.52. The van der Waals surface area contributed by atoms with Crippen LogP contribution in [0.1, 0.15) is 23.2 Å². The first-order valence-electron chi connectivity index (χ1n) is 5.68. The van der Waals surface area contributed by atoms with Crippen LogP contribution in [0.25, 0.3) is 0 Å². The Morgan fingerprint density at radius 3 is 2.89 bits per heavy atom. The molecule has 0 aliphatic carbocycles. The number of carbonyl (C=O) groups is 1. The number of nitrogens with zero attached hydrogens (tertiary/aromatic N) is 2. The molecule has 1 aromatic rings. The first-order chi connectivity index (χ1) is 8.65. The van der Waals surface area contributed by atoms with Gasteiger partial charge in [0.15, 0.2) is 5.84 Å². The van der Waals surface area contributed by atoms with Crippen LogP contribution in [0.4, 0.5) is 0 Å². The number of amidine groups is 1. The van der Waals surface area contributed by atoms with E-state index in [2.05, 4.69) is 5.16 Å². The average Bonchev–Trinajstić information content (AvgIpc) is 2.86. The van der Waals surface area contributed by atoms with Crippen molar-refractivity contribution in [1.29, 1.82) is 0 Å². The summed E-state index contributed by atoms with van der Waals surface area (Å²) in [4.78, 5) is 13.9. The number of hydrogen-bond acceptors (Lipinski definition) is 3. The van der Waals surface area contributed by atoms with E-state index in [9.17, 15) is 4.79 Å². The molecule has 0 aromatic heterocycles. The van der Waals surface area contributed by atoms with E-state index in [0.717, 1.165) is 6.42 Å². The smallest absolute Gasteiger partial charge is 0.255 e. The quantitative estimate of drug-likeness (QED) is 0.370. The predicted molar refractivity (Wildman–Crippen MR) is 68.9 cm³/mol. The highest BCUT2D eigenvalue weighted by Crippen LogP contribution is 2.23. The fraction of sp³-hybridized carbons (Fsp3) is 0.333. The van der Waals surface area contributed by atoms with Crippen molar-refractivity contribution < 1.29 is 10.0 Å². The monoisotopic (exact) mass is 267 g/mol. The van der Waals surface area contributed by atoms with Gasteiger partial charge < -0.3 is 15.8 Å². The summed E-state index contributed by atoms with van der Waals surface area (Å²) in [6.45, 7) is 0.588. The van der Waals surface area contributed by atoms with Gasteiger partial charge in [-0.1, -0.05) is 28.9 Å². The summed E-state index contributed by atoms with van der Waals surface area (Å²) in [5.41, 5.74) is 6.04. The third-order valence-electron chi connectivity index (χ3n) is 3.07. The third-order valence-corrected chi connectivity index (χ3v) is 3.40. The van der Waals surface area contributed by atoms with Crippen molar-refractivity contribution in [3.05, 3.63) is 34.9 Å². The second-order valence-corrected chi connectivity index (χ2v) is 4.57. The zero-order chi connectivity index (χ0) is 13.1. The van der Waals surface area contributed by atoms with Crippen molar-refractivity contribution in [2.24, 2.45) is 10.9 Å². The number of likely N-dealkylation sites (tertiary alicyclic amines) is 1. The Kier molecular flexibility index (Phi) is 3.72. The van der Waals surface area contributed by atoms with Gasteiger partial charge in [-0.15, -0.1) is 0 Å². The molecule has 1 aliphatic rings. The molecule has 1 fully saturated rings. The van der Waals surface area contributed by atoms with Crippen LogP contribution in [0.5, 0.6) is 0 Å². The lowest BCUT2D eigenvalue weighted by atomic mass is 10.1. The third kappa shape index (κ3) is 2.26. The van der Waals surface area contributed by atoms with Gasteiger partial charge in [0.25, 0.3) is 5.91 Å². The minimum absolute atomic E-state index is 0.0629. The van der Waals surface area contributed by atoms with E-state index in [-0.39, 0.29) is 17.8 Å². The number of amides is 1. The number of carbonyl (C=O) groups excluding carboxylic acids is 1. The highest BCUT2D eigenvalue weighted by molar-refractivity contribution is 6.33. The molecule has 1 heterocycles. The van der Waals surface area contributed by atoms with Crippen molar-refractivity contribution in [3.8, 4) is 0 Å². The Balaban J connectivity index is 2.26. The van der Waals surface area contributed by atoms with Crippen LogP contribution in [0.3, 0.4) is 0 Å². The van der Waals surface area contributed by atoms with Crippen LogP contribution in [-0.2, 0) is 0 Å². The minimum atomic E-state index is -0.348. The summed E-state index contributed by atoms with van der Waals surface area (Å²) < 4.78 is 0. The summed E-state index contributed by atoms with van der Waals surface area (Å²) in [6.07, 6.45) is 1.53. The highest BCUT2D eigenvalue weighted by atomic mass is 35.5. The Morgan fingerprint density at radius 2 is 2.22 bits per heavy atom. The Hall–Kier alpha value is -1.75. The van der Waals surface area contributed by atoms with Crippen LogP contribution in [-0.4, -0.2) is 34.4 Å². The van der Waals surface area contributed by atoms with Crippen LogP contribution in [0.2, 0.25) is 5.02 Å². The largest absolute Gasteiger partial charge is 0.409 e. The van der Waals surface area contributed by atoms with E-state index in [1.54, 1.807) is 29.2 Å². The molecule has 0 radical (unpaired) electrons. The standard InChI is InChI=1S/C12H14ClN3O2/c13-9-5-2-1-4-8(9)12(17)16-7-3-6-10(16)11(14)15-18/h1-2,4-5,10,18H,3,6-7H2,(H2,14,15). The number of nitrogens with two attached hydrogens (primary N) is 1. The molecule has 0 spiro atoms. The van der Waals surface area contributed by atoms with Crippen molar-refractivity contribution in [2.45, 2.75) is 18.9 Å². The lowest BCUT2D eigenvalue weighted by Crippen LogP contribution is -2.43. The molecule has 18 heavy (non-hydrogen) atoms. The Bertz CT molecular complexity index is 490. The molecule has 1 aromatic carbocycles. The van der Waals surface area contributed by atoms with E-state index < -0.39 is 0 Å². The Morgan fingerprint density at radius 1 is 1.50 bits per heavy atom. The van der Waals surface area contributed by atoms with Gasteiger partial charge in [0, 0.05) is 6.54 Å². The van der Waals surface area contributed by atoms with Gasteiger partial charge in [-0.25, -0.2) is 0 Å². The summed E-state index contributed by atoms with van der Waals surface area (Å²) >= 11 is 6.00. The molecule has 5 nitrogen and oxygen atoms in total. The van der Waals surface area contributed by atoms with Gasteiger partial charge in [0.2, 0.25) is 0 Å². The molecule has 1 aliphatic heterocycles. The van der Waals surface area contributed by atoms with E-state index in [0.29, 0.717) is 23.6 Å². The van der Waals surface area contributed by atoms with Crippen molar-refractivity contribution in [3.63, 3.8) is 0 Å². The molecule has 6 heteroatoms. The lowest BCUT2D eigenvalue weighted by molar-refractivity contribution is 0.0768. The number of hydrogen-bond donors (Lipinski definition) is 2. The number of rotatable bonds is 2. The maximum atomic E-state index is 12.3. The molecule has 2 rings (SSSR count). The molecule has 0 bridgehead atoms. The van der Waals surface area contributed by atoms with Crippen LogP contribution < -0.4 is 5.73 Å². The Labute approximate surface area is 110 Å². The van der Waals surface area contributed by atoms with Crippen molar-refractivity contribution in [2.75, 3.05) is 6.54 Å². The molecule has 1 unspecified atom stereocenters. The van der Waals surface area contributed by atoms with Crippen molar-refractivity contribution in [1.82, 2.24) is 4.90 Å². The molecule has 96 valence electrons. The topological polar surface area (TPSA) is 78.9 Å². The minimum Gasteiger partial charge on any atom is -0.409 e. The molecule has 1 saturated heterocycles. The second kappa shape index (κ2) is 5.27. The maximum absolute atomic E-state index is 12.3. The predicted octanol–water partition coefficient (Wildman–Crippen LogP) is 1.69. The van der Waals surface area contributed by atoms with Crippen LogP contribution >= 0.6 is 11.6 Å². The van der Waals surface area contributed by atoms with Crippen molar-refractivity contribution >= 4 is 23.3 Å². The SMILES string of the molecule is NC(=NO)C1CCCN1C(=O)c1ccccc1Cl. The number of halogens is 1. The fourth-order valence-corrected chi connectivity index (χ4v) is 2.39. The number of oxime groups is 1. The summed E-state index contributed by atoms with van der Waals surface area (Å²) in [5, 5.41) is 12.1. The van der Waals surface area contributed by atoms with Gasteiger partial charge in [0.1, 0.15) is 0 Å². The van der Waals surface area contributed by atoms with Gasteiger partial charge in [-0.05, 0) is 25.0 Å². The van der Waals surface area contributed by atoms with E-state index in [1.807, 2.05) is 0 Å². The zero-order valence-corrected chi connectivity index (χ0v) is 10.5. The molecule has 1 amide bonds. The van der Waals surface area contributed by atoms with E-state index in [4.69, 9.17) is 22.5 Å². The molecule has 0 saturated carbocycles.